The number of benzene rings is 1. The second kappa shape index (κ2) is 7.34. The first kappa shape index (κ1) is 22.2. The highest BCUT2D eigenvalue weighted by Crippen LogP contribution is 2.46. The number of sulfonamides is 1. The first-order chi connectivity index (χ1) is 13.8. The zero-order valence-corrected chi connectivity index (χ0v) is 17.8. The molecule has 9 nitrogen and oxygen atoms in total. The zero-order valence-electron chi connectivity index (χ0n) is 17.0. The lowest BCUT2D eigenvalue weighted by Crippen LogP contribution is -2.60. The molecule has 3 N–H and O–H groups in total. The van der Waals surface area contributed by atoms with Crippen LogP contribution in [0.2, 0.25) is 0 Å². The van der Waals surface area contributed by atoms with Gasteiger partial charge in [0.1, 0.15) is 35.0 Å². The van der Waals surface area contributed by atoms with E-state index in [4.69, 9.17) is 15.2 Å². The van der Waals surface area contributed by atoms with E-state index in [1.807, 2.05) is 0 Å². The third-order valence-corrected chi connectivity index (χ3v) is 7.13. The zero-order chi connectivity index (χ0) is 22.5. The number of nitrogens with one attached hydrogen (secondary N) is 1. The maximum atomic E-state index is 14.8. The fourth-order valence-corrected chi connectivity index (χ4v) is 5.53. The van der Waals surface area contributed by atoms with Crippen LogP contribution in [0.5, 0.6) is 0 Å². The quantitative estimate of drug-likeness (QED) is 0.664. The number of halogens is 2. The van der Waals surface area contributed by atoms with Gasteiger partial charge in [0.2, 0.25) is 16.0 Å². The number of hydrogen-bond donors (Lipinski definition) is 2. The van der Waals surface area contributed by atoms with Crippen LogP contribution in [0.25, 0.3) is 0 Å². The van der Waals surface area contributed by atoms with Crippen LogP contribution in [-0.2, 0) is 25.0 Å². The molecule has 2 aliphatic rings. The summed E-state index contributed by atoms with van der Waals surface area (Å²) >= 11 is 0. The summed E-state index contributed by atoms with van der Waals surface area (Å²) in [4.78, 5) is 16.6. The monoisotopic (exact) mass is 446 g/mol. The van der Waals surface area contributed by atoms with Crippen LogP contribution in [0, 0.1) is 5.82 Å². The van der Waals surface area contributed by atoms with Gasteiger partial charge in [0.15, 0.2) is 0 Å². The Hall–Kier alpha value is -2.47. The average Bonchev–Trinajstić information content (AvgIpc) is 3.00. The number of aliphatic imine (C=N–C) groups is 1. The Morgan fingerprint density at radius 2 is 2.13 bits per heavy atom. The van der Waals surface area contributed by atoms with Gasteiger partial charge in [0.05, 0.1) is 6.61 Å². The molecule has 2 aliphatic heterocycles. The van der Waals surface area contributed by atoms with Crippen LogP contribution in [0.3, 0.4) is 0 Å². The average molecular weight is 446 g/mol. The van der Waals surface area contributed by atoms with Crippen LogP contribution in [0.4, 0.5) is 19.3 Å². The Morgan fingerprint density at radius 3 is 2.73 bits per heavy atom. The molecule has 30 heavy (non-hydrogen) atoms. The number of amides is 1. The number of rotatable bonds is 2. The van der Waals surface area contributed by atoms with Crippen LogP contribution in [0.15, 0.2) is 23.2 Å². The van der Waals surface area contributed by atoms with E-state index in [0.29, 0.717) is 4.31 Å². The van der Waals surface area contributed by atoms with Gasteiger partial charge in [-0.25, -0.2) is 31.3 Å². The number of alkyl halides is 1. The molecule has 12 heteroatoms. The number of guanidine groups is 1. The molecule has 0 aromatic heterocycles. The van der Waals surface area contributed by atoms with Crippen LogP contribution in [0.1, 0.15) is 26.3 Å². The van der Waals surface area contributed by atoms with Gasteiger partial charge in [-0.2, -0.15) is 0 Å². The van der Waals surface area contributed by atoms with Crippen molar-refractivity contribution in [2.24, 2.45) is 4.99 Å². The van der Waals surface area contributed by atoms with E-state index in [1.54, 1.807) is 20.8 Å². The van der Waals surface area contributed by atoms with Crippen molar-refractivity contribution in [2.75, 3.05) is 26.1 Å². The Balaban J connectivity index is 2.18. The highest BCUT2D eigenvalue weighted by atomic mass is 32.2. The summed E-state index contributed by atoms with van der Waals surface area (Å²) in [6, 6.07) is 3.61. The van der Waals surface area contributed by atoms with Gasteiger partial charge < -0.3 is 15.2 Å². The fourth-order valence-electron chi connectivity index (χ4n) is 3.59. The Kier molecular flexibility index (Phi) is 5.44. The number of carbonyl (C=O) groups is 1. The van der Waals surface area contributed by atoms with Crippen molar-refractivity contribution < 1.29 is 31.5 Å². The smallest absolute Gasteiger partial charge is 0.414 e. The minimum absolute atomic E-state index is 0.163. The lowest BCUT2D eigenvalue weighted by atomic mass is 9.86. The summed E-state index contributed by atoms with van der Waals surface area (Å²) in [6.45, 7) is 3.36. The van der Waals surface area contributed by atoms with E-state index in [2.05, 4.69) is 10.3 Å². The van der Waals surface area contributed by atoms with Gasteiger partial charge in [-0.05, 0) is 39.0 Å². The Labute approximate surface area is 173 Å². The van der Waals surface area contributed by atoms with Gasteiger partial charge in [-0.3, -0.25) is 5.32 Å². The lowest BCUT2D eigenvalue weighted by Gasteiger charge is -2.40. The van der Waals surface area contributed by atoms with Crippen molar-refractivity contribution in [2.45, 2.75) is 43.3 Å². The minimum atomic E-state index is -4.32. The minimum Gasteiger partial charge on any atom is -0.444 e. The van der Waals surface area contributed by atoms with Crippen molar-refractivity contribution in [3.8, 4) is 0 Å². The number of ether oxygens (including phenoxy) is 2. The topological polar surface area (TPSA) is 123 Å². The molecule has 0 unspecified atom stereocenters. The number of carbonyl (C=O) groups excluding carboxylic acids is 1. The summed E-state index contributed by atoms with van der Waals surface area (Å²) in [5, 5.41) is 0.732. The highest BCUT2D eigenvalue weighted by Gasteiger charge is 2.62. The molecule has 0 saturated carbocycles. The molecular formula is C18H24F2N4O5S. The Morgan fingerprint density at radius 1 is 1.47 bits per heavy atom. The largest absolute Gasteiger partial charge is 0.444 e. The summed E-state index contributed by atoms with van der Waals surface area (Å²) in [6.07, 6.45) is -2.32. The first-order valence-corrected chi connectivity index (χ1v) is 10.6. The summed E-state index contributed by atoms with van der Waals surface area (Å²) in [5.41, 5.74) is 3.09. The second-order valence-electron chi connectivity index (χ2n) is 8.16. The SMILES string of the molecule is CN1C(NC(=O)OC(C)(C)C)=N[C@@]2(c3cc(N)ccc3F)CO[C@@H](CF)[C@H]2S1(=O)=O. The molecule has 166 valence electrons. The number of alkyl carbamates (subject to hydrolysis) is 1. The molecule has 0 radical (unpaired) electrons. The predicted octanol–water partition coefficient (Wildman–Crippen LogP) is 1.50. The predicted molar refractivity (Wildman–Crippen MR) is 105 cm³/mol. The maximum absolute atomic E-state index is 14.8. The molecule has 3 atom stereocenters. The molecule has 1 saturated heterocycles. The van der Waals surface area contributed by atoms with E-state index in [0.717, 1.165) is 13.1 Å². The number of nitrogen functional groups attached to an aromatic ring is 1. The van der Waals surface area contributed by atoms with Crippen molar-refractivity contribution in [3.63, 3.8) is 0 Å². The van der Waals surface area contributed by atoms with Crippen LogP contribution in [-0.4, -0.2) is 62.1 Å². The van der Waals surface area contributed by atoms with Crippen molar-refractivity contribution >= 4 is 27.8 Å². The summed E-state index contributed by atoms with van der Waals surface area (Å²) in [5.74, 6) is -1.18. The van der Waals surface area contributed by atoms with Crippen LogP contribution < -0.4 is 11.1 Å². The normalized spacial score (nSPS) is 27.9. The Bertz CT molecular complexity index is 995. The van der Waals surface area contributed by atoms with Gasteiger partial charge in [0.25, 0.3) is 0 Å². The summed E-state index contributed by atoms with van der Waals surface area (Å²) in [7, 11) is -3.16. The number of nitrogens with zero attached hydrogens (tertiary/aromatic N) is 2. The van der Waals surface area contributed by atoms with Gasteiger partial charge in [0, 0.05) is 18.3 Å². The number of fused-ring (bicyclic) bond motifs is 1. The number of hydrogen-bond acceptors (Lipinski definition) is 7. The molecule has 0 bridgehead atoms. The first-order valence-electron chi connectivity index (χ1n) is 9.12. The molecule has 0 spiro atoms. The highest BCUT2D eigenvalue weighted by molar-refractivity contribution is 7.90. The van der Waals surface area contributed by atoms with Crippen LogP contribution >= 0.6 is 0 Å². The molecule has 0 aliphatic carbocycles. The van der Waals surface area contributed by atoms with Crippen molar-refractivity contribution in [1.82, 2.24) is 9.62 Å². The molecular weight excluding hydrogens is 422 g/mol. The number of anilines is 1. The van der Waals surface area contributed by atoms with E-state index in [9.17, 15) is 22.0 Å². The van der Waals surface area contributed by atoms with Gasteiger partial charge in [-0.1, -0.05) is 0 Å². The molecule has 2 heterocycles. The van der Waals surface area contributed by atoms with E-state index in [-0.39, 0.29) is 11.3 Å². The summed E-state index contributed by atoms with van der Waals surface area (Å²) < 4.78 is 66.2. The van der Waals surface area contributed by atoms with Crippen molar-refractivity contribution in [1.29, 1.82) is 0 Å². The second-order valence-corrected chi connectivity index (χ2v) is 10.2. The fraction of sp³-hybridized carbons (Fsp3) is 0.556. The van der Waals surface area contributed by atoms with E-state index < -0.39 is 63.7 Å². The van der Waals surface area contributed by atoms with Gasteiger partial charge in [-0.15, -0.1) is 0 Å². The number of nitrogens with two attached hydrogens (primary N) is 1. The molecule has 1 aromatic rings. The molecule has 1 aromatic carbocycles. The van der Waals surface area contributed by atoms with E-state index in [1.165, 1.54) is 12.1 Å². The standard InChI is InChI=1S/C18H24F2N4O5S/c1-17(2,3)29-16(25)22-15-23-18(11-7-10(21)5-6-12(11)20)9-28-13(8-19)14(18)30(26,27)24(15)4/h5-7,13-14H,8-9,21H2,1-4H3,(H,22,23,25)/t13-,14+,18+/m0/s1. The van der Waals surface area contributed by atoms with Gasteiger partial charge >= 0.3 is 6.09 Å². The maximum Gasteiger partial charge on any atom is 0.414 e. The van der Waals surface area contributed by atoms with E-state index >= 15 is 0 Å². The molecule has 1 fully saturated rings. The third-order valence-electron chi connectivity index (χ3n) is 4.85. The molecule has 1 amide bonds. The molecule has 3 rings (SSSR count). The van der Waals surface area contributed by atoms with Crippen molar-refractivity contribution in [3.05, 3.63) is 29.6 Å². The lowest BCUT2D eigenvalue weighted by molar-refractivity contribution is 0.0558. The third kappa shape index (κ3) is 3.69.